The molecule has 2 aliphatic rings. The fourth-order valence-electron chi connectivity index (χ4n) is 3.31. The Morgan fingerprint density at radius 2 is 2.26 bits per heavy atom. The zero-order valence-electron chi connectivity index (χ0n) is 12.6. The SMILES string of the molecule is O=C(c1ccc[nH]1)N1CC[C@]2(C[C@H](Oc3ncccn3)CO2)C1. The van der Waals surface area contributed by atoms with Gasteiger partial charge in [0.2, 0.25) is 0 Å². The minimum absolute atomic E-state index is 0.0197. The molecule has 0 aliphatic carbocycles. The lowest BCUT2D eigenvalue weighted by Gasteiger charge is -2.23. The van der Waals surface area contributed by atoms with Crippen LogP contribution in [0.3, 0.4) is 0 Å². The van der Waals surface area contributed by atoms with E-state index in [0.717, 1.165) is 12.8 Å². The highest BCUT2D eigenvalue weighted by molar-refractivity contribution is 5.92. The van der Waals surface area contributed by atoms with Gasteiger partial charge in [0.05, 0.1) is 18.8 Å². The van der Waals surface area contributed by atoms with Crippen molar-refractivity contribution in [3.8, 4) is 6.01 Å². The van der Waals surface area contributed by atoms with Crippen molar-refractivity contribution in [3.05, 3.63) is 42.5 Å². The van der Waals surface area contributed by atoms with Crippen LogP contribution in [-0.4, -0.2) is 57.2 Å². The third kappa shape index (κ3) is 2.79. The van der Waals surface area contributed by atoms with E-state index in [1.807, 2.05) is 11.0 Å². The van der Waals surface area contributed by atoms with E-state index < -0.39 is 0 Å². The second-order valence-electron chi connectivity index (χ2n) is 6.03. The van der Waals surface area contributed by atoms with Gasteiger partial charge in [-0.05, 0) is 24.6 Å². The molecule has 7 nitrogen and oxygen atoms in total. The van der Waals surface area contributed by atoms with Crippen LogP contribution in [0.1, 0.15) is 23.3 Å². The largest absolute Gasteiger partial charge is 0.458 e. The van der Waals surface area contributed by atoms with Gasteiger partial charge in [0, 0.05) is 31.6 Å². The molecule has 0 aromatic carbocycles. The van der Waals surface area contributed by atoms with Crippen molar-refractivity contribution in [1.82, 2.24) is 19.9 Å². The van der Waals surface area contributed by atoms with E-state index in [1.165, 1.54) is 0 Å². The summed E-state index contributed by atoms with van der Waals surface area (Å²) >= 11 is 0. The van der Waals surface area contributed by atoms with Gasteiger partial charge in [-0.3, -0.25) is 4.79 Å². The van der Waals surface area contributed by atoms with E-state index in [1.54, 1.807) is 30.7 Å². The zero-order chi connectivity index (χ0) is 15.7. The molecule has 0 unspecified atom stereocenters. The summed E-state index contributed by atoms with van der Waals surface area (Å²) < 4.78 is 11.8. The van der Waals surface area contributed by atoms with Crippen molar-refractivity contribution in [2.24, 2.45) is 0 Å². The lowest BCUT2D eigenvalue weighted by atomic mass is 9.98. The summed E-state index contributed by atoms with van der Waals surface area (Å²) in [6, 6.07) is 5.74. The van der Waals surface area contributed by atoms with Gasteiger partial charge in [0.1, 0.15) is 11.8 Å². The van der Waals surface area contributed by atoms with Crippen LogP contribution in [0.25, 0.3) is 0 Å². The van der Waals surface area contributed by atoms with Crippen molar-refractivity contribution in [1.29, 1.82) is 0 Å². The number of nitrogens with zero attached hydrogens (tertiary/aromatic N) is 3. The van der Waals surface area contributed by atoms with Crippen molar-refractivity contribution >= 4 is 5.91 Å². The number of rotatable bonds is 3. The molecule has 23 heavy (non-hydrogen) atoms. The Bertz CT molecular complexity index is 676. The van der Waals surface area contributed by atoms with E-state index in [4.69, 9.17) is 9.47 Å². The number of H-pyrrole nitrogens is 1. The lowest BCUT2D eigenvalue weighted by molar-refractivity contribution is 0.00968. The van der Waals surface area contributed by atoms with Crippen LogP contribution in [-0.2, 0) is 4.74 Å². The third-order valence-electron chi connectivity index (χ3n) is 4.42. The Balaban J connectivity index is 1.38. The topological polar surface area (TPSA) is 80.3 Å². The smallest absolute Gasteiger partial charge is 0.316 e. The summed E-state index contributed by atoms with van der Waals surface area (Å²) in [7, 11) is 0. The number of ether oxygens (including phenoxy) is 2. The Morgan fingerprint density at radius 1 is 1.39 bits per heavy atom. The maximum absolute atomic E-state index is 12.4. The molecular formula is C16H18N4O3. The number of carbonyl (C=O) groups is 1. The summed E-state index contributed by atoms with van der Waals surface area (Å²) in [5, 5.41) is 0. The van der Waals surface area contributed by atoms with Gasteiger partial charge in [0.25, 0.3) is 5.91 Å². The van der Waals surface area contributed by atoms with Gasteiger partial charge in [0.15, 0.2) is 0 Å². The second kappa shape index (κ2) is 5.66. The molecule has 1 N–H and O–H groups in total. The van der Waals surface area contributed by atoms with Crippen LogP contribution in [0.4, 0.5) is 0 Å². The molecule has 1 spiro atoms. The maximum atomic E-state index is 12.4. The molecule has 4 rings (SSSR count). The molecule has 0 saturated carbocycles. The van der Waals surface area contributed by atoms with Gasteiger partial charge >= 0.3 is 6.01 Å². The molecule has 0 radical (unpaired) electrons. The fraction of sp³-hybridized carbons (Fsp3) is 0.438. The molecule has 1 amide bonds. The molecule has 0 bridgehead atoms. The Kier molecular flexibility index (Phi) is 3.49. The zero-order valence-corrected chi connectivity index (χ0v) is 12.6. The number of nitrogens with one attached hydrogen (secondary N) is 1. The molecule has 2 atom stereocenters. The standard InChI is InChI=1S/C16H18N4O3/c21-14(13-3-1-5-17-13)20-8-4-16(11-20)9-12(10-22-16)23-15-18-6-2-7-19-15/h1-3,5-7,12,17H,4,8-11H2/t12-,16-/m0/s1. The number of likely N-dealkylation sites (tertiary alicyclic amines) is 1. The van der Waals surface area contributed by atoms with Crippen LogP contribution in [0.5, 0.6) is 6.01 Å². The van der Waals surface area contributed by atoms with Crippen LogP contribution >= 0.6 is 0 Å². The van der Waals surface area contributed by atoms with Gasteiger partial charge in [-0.1, -0.05) is 0 Å². The Labute approximate surface area is 133 Å². The van der Waals surface area contributed by atoms with E-state index >= 15 is 0 Å². The average molecular weight is 314 g/mol. The summed E-state index contributed by atoms with van der Waals surface area (Å²) in [5.41, 5.74) is 0.312. The first kappa shape index (κ1) is 14.2. The first-order valence-corrected chi connectivity index (χ1v) is 7.74. The molecule has 4 heterocycles. The molecule has 2 fully saturated rings. The molecule has 2 saturated heterocycles. The highest BCUT2D eigenvalue weighted by Gasteiger charge is 2.47. The van der Waals surface area contributed by atoms with Crippen molar-refractivity contribution in [2.45, 2.75) is 24.5 Å². The molecular weight excluding hydrogens is 296 g/mol. The van der Waals surface area contributed by atoms with Gasteiger partial charge < -0.3 is 19.4 Å². The summed E-state index contributed by atoms with van der Waals surface area (Å²) in [5.74, 6) is 0.0197. The van der Waals surface area contributed by atoms with Crippen LogP contribution in [0, 0.1) is 0 Å². The number of amides is 1. The minimum Gasteiger partial charge on any atom is -0.458 e. The number of hydrogen-bond donors (Lipinski definition) is 1. The first-order valence-electron chi connectivity index (χ1n) is 7.74. The highest BCUT2D eigenvalue weighted by Crippen LogP contribution is 2.36. The van der Waals surface area contributed by atoms with E-state index in [-0.39, 0.29) is 17.6 Å². The predicted octanol–water partition coefficient (Wildman–Crippen LogP) is 1.26. The van der Waals surface area contributed by atoms with E-state index in [0.29, 0.717) is 31.4 Å². The third-order valence-corrected chi connectivity index (χ3v) is 4.42. The Morgan fingerprint density at radius 3 is 3.04 bits per heavy atom. The van der Waals surface area contributed by atoms with Crippen LogP contribution < -0.4 is 4.74 Å². The molecule has 2 aliphatic heterocycles. The van der Waals surface area contributed by atoms with E-state index in [9.17, 15) is 4.79 Å². The number of aromatic nitrogens is 3. The molecule has 120 valence electrons. The second-order valence-corrected chi connectivity index (χ2v) is 6.03. The number of hydrogen-bond acceptors (Lipinski definition) is 5. The quantitative estimate of drug-likeness (QED) is 0.922. The van der Waals surface area contributed by atoms with Crippen molar-refractivity contribution in [3.63, 3.8) is 0 Å². The summed E-state index contributed by atoms with van der Waals surface area (Å²) in [6.07, 6.45) is 6.57. The maximum Gasteiger partial charge on any atom is 0.316 e. The summed E-state index contributed by atoms with van der Waals surface area (Å²) in [4.78, 5) is 25.4. The van der Waals surface area contributed by atoms with Crippen molar-refractivity contribution in [2.75, 3.05) is 19.7 Å². The van der Waals surface area contributed by atoms with Gasteiger partial charge in [-0.25, -0.2) is 9.97 Å². The average Bonchev–Trinajstić information content (AvgIpc) is 3.31. The van der Waals surface area contributed by atoms with Gasteiger partial charge in [-0.15, -0.1) is 0 Å². The number of carbonyl (C=O) groups excluding carboxylic acids is 1. The van der Waals surface area contributed by atoms with Gasteiger partial charge in [-0.2, -0.15) is 0 Å². The lowest BCUT2D eigenvalue weighted by Crippen LogP contribution is -2.36. The molecule has 7 heteroatoms. The first-order chi connectivity index (χ1) is 11.2. The normalized spacial score (nSPS) is 26.8. The Hall–Kier alpha value is -2.41. The monoisotopic (exact) mass is 314 g/mol. The molecule has 2 aromatic heterocycles. The van der Waals surface area contributed by atoms with Crippen LogP contribution in [0.15, 0.2) is 36.8 Å². The highest BCUT2D eigenvalue weighted by atomic mass is 16.6. The number of aromatic amines is 1. The van der Waals surface area contributed by atoms with Crippen molar-refractivity contribution < 1.29 is 14.3 Å². The minimum atomic E-state index is -0.304. The van der Waals surface area contributed by atoms with Crippen LogP contribution in [0.2, 0.25) is 0 Å². The molecule has 2 aromatic rings. The predicted molar refractivity (Wildman–Crippen MR) is 81.1 cm³/mol. The van der Waals surface area contributed by atoms with E-state index in [2.05, 4.69) is 15.0 Å². The fourth-order valence-corrected chi connectivity index (χ4v) is 3.31. The summed E-state index contributed by atoms with van der Waals surface area (Å²) in [6.45, 7) is 1.80.